The number of rotatable bonds is 2. The van der Waals surface area contributed by atoms with Crippen molar-refractivity contribution in [2.45, 2.75) is 17.4 Å². The Morgan fingerprint density at radius 1 is 1.54 bits per heavy atom. The molecule has 70 valence electrons. The van der Waals surface area contributed by atoms with Gasteiger partial charge in [-0.2, -0.15) is 0 Å². The molecular weight excluding hydrogens is 182 g/mol. The van der Waals surface area contributed by atoms with Crippen molar-refractivity contribution in [3.8, 4) is 0 Å². The van der Waals surface area contributed by atoms with Gasteiger partial charge < -0.3 is 4.74 Å². The Morgan fingerprint density at radius 2 is 2.46 bits per heavy atom. The lowest BCUT2D eigenvalue weighted by molar-refractivity contribution is 0.194. The molecule has 1 aromatic rings. The van der Waals surface area contributed by atoms with Crippen LogP contribution in [0, 0.1) is 0 Å². The fourth-order valence-corrected chi connectivity index (χ4v) is 1.91. The van der Waals surface area contributed by atoms with Crippen molar-refractivity contribution in [2.75, 3.05) is 19.5 Å². The van der Waals surface area contributed by atoms with Crippen LogP contribution in [0.1, 0.15) is 17.9 Å². The first-order valence-corrected chi connectivity index (χ1v) is 5.70. The van der Waals surface area contributed by atoms with Crippen LogP contribution in [-0.2, 0) is 4.74 Å². The molecule has 0 bridgehead atoms. The maximum Gasteiger partial charge on any atom is 0.0957 e. The maximum atomic E-state index is 5.34. The summed E-state index contributed by atoms with van der Waals surface area (Å²) < 4.78 is 5.34. The van der Waals surface area contributed by atoms with E-state index in [1.165, 1.54) is 5.56 Å². The summed E-state index contributed by atoms with van der Waals surface area (Å²) in [5.74, 6) is 0.573. The van der Waals surface area contributed by atoms with Gasteiger partial charge in [0.15, 0.2) is 0 Å². The molecular formula is C10H13NOS. The smallest absolute Gasteiger partial charge is 0.0957 e. The van der Waals surface area contributed by atoms with Gasteiger partial charge in [0.25, 0.3) is 0 Å². The number of hydrogen-bond acceptors (Lipinski definition) is 3. The molecule has 0 spiro atoms. The van der Waals surface area contributed by atoms with E-state index in [0.29, 0.717) is 5.92 Å². The van der Waals surface area contributed by atoms with Crippen LogP contribution in [0.25, 0.3) is 0 Å². The summed E-state index contributed by atoms with van der Waals surface area (Å²) in [4.78, 5) is 4.35. The van der Waals surface area contributed by atoms with E-state index in [0.717, 1.165) is 24.7 Å². The first kappa shape index (κ1) is 9.03. The summed E-state index contributed by atoms with van der Waals surface area (Å²) in [6, 6.07) is 4.25. The van der Waals surface area contributed by atoms with E-state index in [2.05, 4.69) is 17.1 Å². The van der Waals surface area contributed by atoms with Gasteiger partial charge in [0.1, 0.15) is 0 Å². The molecule has 1 atom stereocenters. The highest BCUT2D eigenvalue weighted by atomic mass is 32.2. The summed E-state index contributed by atoms with van der Waals surface area (Å²) in [5, 5.41) is 1.09. The van der Waals surface area contributed by atoms with Gasteiger partial charge in [-0.05, 0) is 24.3 Å². The molecule has 1 saturated heterocycles. The summed E-state index contributed by atoms with van der Waals surface area (Å²) in [6.45, 7) is 1.76. The number of pyridine rings is 1. The van der Waals surface area contributed by atoms with Gasteiger partial charge in [-0.1, -0.05) is 6.07 Å². The van der Waals surface area contributed by atoms with Gasteiger partial charge in [-0.15, -0.1) is 11.8 Å². The average molecular weight is 195 g/mol. The van der Waals surface area contributed by atoms with Crippen molar-refractivity contribution in [2.24, 2.45) is 0 Å². The zero-order valence-electron chi connectivity index (χ0n) is 7.69. The van der Waals surface area contributed by atoms with E-state index in [1.54, 1.807) is 11.8 Å². The molecule has 2 rings (SSSR count). The Kier molecular flexibility index (Phi) is 2.86. The molecule has 0 aliphatic carbocycles. The number of nitrogens with zero attached hydrogens (tertiary/aromatic N) is 1. The third-order valence-electron chi connectivity index (χ3n) is 2.37. The Morgan fingerprint density at radius 3 is 3.00 bits per heavy atom. The molecule has 0 radical (unpaired) electrons. The Hall–Kier alpha value is -0.540. The monoisotopic (exact) mass is 195 g/mol. The molecule has 1 unspecified atom stereocenters. The molecule has 0 amide bonds. The van der Waals surface area contributed by atoms with Gasteiger partial charge in [-0.25, -0.2) is 4.98 Å². The van der Waals surface area contributed by atoms with Gasteiger partial charge in [0.05, 0.1) is 11.6 Å². The highest BCUT2D eigenvalue weighted by Gasteiger charge is 2.17. The maximum absolute atomic E-state index is 5.34. The average Bonchev–Trinajstić information content (AvgIpc) is 2.71. The second kappa shape index (κ2) is 4.11. The fourth-order valence-electron chi connectivity index (χ4n) is 1.55. The number of ether oxygens (including phenoxy) is 1. The van der Waals surface area contributed by atoms with E-state index in [-0.39, 0.29) is 0 Å². The Labute approximate surface area is 82.7 Å². The van der Waals surface area contributed by atoms with Crippen LogP contribution in [0.15, 0.2) is 23.4 Å². The first-order chi connectivity index (χ1) is 6.40. The van der Waals surface area contributed by atoms with E-state index in [9.17, 15) is 0 Å². The minimum absolute atomic E-state index is 0.573. The molecule has 13 heavy (non-hydrogen) atoms. The molecule has 1 fully saturated rings. The summed E-state index contributed by atoms with van der Waals surface area (Å²) >= 11 is 1.68. The molecule has 1 aliphatic heterocycles. The zero-order chi connectivity index (χ0) is 9.10. The Bertz CT molecular complexity index is 267. The predicted molar refractivity (Wildman–Crippen MR) is 54.2 cm³/mol. The van der Waals surface area contributed by atoms with E-state index >= 15 is 0 Å². The normalized spacial score (nSPS) is 22.1. The topological polar surface area (TPSA) is 22.1 Å². The van der Waals surface area contributed by atoms with Crippen molar-refractivity contribution in [1.29, 1.82) is 0 Å². The van der Waals surface area contributed by atoms with Crippen molar-refractivity contribution in [3.63, 3.8) is 0 Å². The van der Waals surface area contributed by atoms with Crippen LogP contribution in [-0.4, -0.2) is 24.5 Å². The van der Waals surface area contributed by atoms with Crippen LogP contribution >= 0.6 is 11.8 Å². The second-order valence-electron chi connectivity index (χ2n) is 3.19. The molecule has 1 aromatic heterocycles. The molecule has 3 heteroatoms. The van der Waals surface area contributed by atoms with Gasteiger partial charge in [-0.3, -0.25) is 0 Å². The minimum Gasteiger partial charge on any atom is -0.381 e. The molecule has 0 N–H and O–H groups in total. The van der Waals surface area contributed by atoms with Gasteiger partial charge in [0.2, 0.25) is 0 Å². The number of hydrogen-bond donors (Lipinski definition) is 0. The van der Waals surface area contributed by atoms with E-state index in [1.807, 2.05) is 12.5 Å². The van der Waals surface area contributed by atoms with Crippen LogP contribution < -0.4 is 0 Å². The first-order valence-electron chi connectivity index (χ1n) is 4.48. The molecule has 0 saturated carbocycles. The lowest BCUT2D eigenvalue weighted by Gasteiger charge is -2.06. The molecule has 2 nitrogen and oxygen atoms in total. The van der Waals surface area contributed by atoms with E-state index < -0.39 is 0 Å². The summed E-state index contributed by atoms with van der Waals surface area (Å²) in [7, 11) is 0. The molecule has 2 heterocycles. The van der Waals surface area contributed by atoms with Crippen molar-refractivity contribution < 1.29 is 4.74 Å². The highest BCUT2D eigenvalue weighted by molar-refractivity contribution is 7.98. The van der Waals surface area contributed by atoms with Crippen molar-refractivity contribution >= 4 is 11.8 Å². The fraction of sp³-hybridized carbons (Fsp3) is 0.500. The Balaban J connectivity index is 2.12. The van der Waals surface area contributed by atoms with E-state index in [4.69, 9.17) is 4.74 Å². The summed E-state index contributed by atoms with van der Waals surface area (Å²) in [6.07, 6.45) is 5.16. The van der Waals surface area contributed by atoms with Crippen LogP contribution in [0.5, 0.6) is 0 Å². The number of thioether (sulfide) groups is 1. The van der Waals surface area contributed by atoms with Crippen molar-refractivity contribution in [3.05, 3.63) is 23.9 Å². The minimum atomic E-state index is 0.573. The van der Waals surface area contributed by atoms with Gasteiger partial charge in [0, 0.05) is 18.7 Å². The highest BCUT2D eigenvalue weighted by Crippen LogP contribution is 2.25. The lowest BCUT2D eigenvalue weighted by atomic mass is 10.0. The third-order valence-corrected chi connectivity index (χ3v) is 3.03. The number of aromatic nitrogens is 1. The second-order valence-corrected chi connectivity index (χ2v) is 4.02. The van der Waals surface area contributed by atoms with Crippen LogP contribution in [0.2, 0.25) is 0 Å². The van der Waals surface area contributed by atoms with Gasteiger partial charge >= 0.3 is 0 Å². The molecule has 0 aromatic carbocycles. The zero-order valence-corrected chi connectivity index (χ0v) is 8.51. The largest absolute Gasteiger partial charge is 0.381 e. The lowest BCUT2D eigenvalue weighted by Crippen LogP contribution is -1.97. The SMILES string of the molecule is CSc1ccc(C2CCOC2)cn1. The predicted octanol–water partition coefficient (Wildman–Crippen LogP) is 2.31. The molecule has 1 aliphatic rings. The van der Waals surface area contributed by atoms with Crippen LogP contribution in [0.4, 0.5) is 0 Å². The summed E-state index contributed by atoms with van der Waals surface area (Å²) in [5.41, 5.74) is 1.32. The standard InChI is InChI=1S/C10H13NOS/c1-13-10-3-2-8(6-11-10)9-4-5-12-7-9/h2-3,6,9H,4-5,7H2,1H3. The quantitative estimate of drug-likeness (QED) is 0.676. The van der Waals surface area contributed by atoms with Crippen LogP contribution in [0.3, 0.4) is 0 Å². The van der Waals surface area contributed by atoms with Crippen molar-refractivity contribution in [1.82, 2.24) is 4.98 Å². The third kappa shape index (κ3) is 2.03.